The first-order valence-corrected chi connectivity index (χ1v) is 23.4. The van der Waals surface area contributed by atoms with Crippen molar-refractivity contribution < 1.29 is 9.59 Å². The molecule has 9 heteroatoms. The summed E-state index contributed by atoms with van der Waals surface area (Å²) in [7, 11) is 0. The molecule has 7 rings (SSSR count). The van der Waals surface area contributed by atoms with Crippen LogP contribution in [0.1, 0.15) is 94.5 Å². The lowest BCUT2D eigenvalue weighted by atomic mass is 9.71. The van der Waals surface area contributed by atoms with Crippen LogP contribution in [-0.4, -0.2) is 16.6 Å². The summed E-state index contributed by atoms with van der Waals surface area (Å²) in [6.07, 6.45) is 7.79. The van der Waals surface area contributed by atoms with Crippen LogP contribution in [0.15, 0.2) is 180 Å². The van der Waals surface area contributed by atoms with Crippen molar-refractivity contribution in [3.8, 4) is 20.9 Å². The van der Waals surface area contributed by atoms with Crippen LogP contribution < -0.4 is 0 Å². The molecule has 2 aromatic carbocycles. The van der Waals surface area contributed by atoms with Crippen LogP contribution in [0.2, 0.25) is 0 Å². The van der Waals surface area contributed by atoms with Crippen LogP contribution >= 0.6 is 22.7 Å². The number of thiophene rings is 2. The maximum Gasteiger partial charge on any atom is 0.186 e. The summed E-state index contributed by atoms with van der Waals surface area (Å²) < 4.78 is 0. The Morgan fingerprint density at radius 1 is 0.438 bits per heavy atom. The van der Waals surface area contributed by atoms with E-state index in [4.69, 9.17) is 25.4 Å². The lowest BCUT2D eigenvalue weighted by molar-refractivity contribution is -0.114. The number of pyridine rings is 1. The summed E-state index contributed by atoms with van der Waals surface area (Å²) in [5.41, 5.74) is 8.05. The molecule has 0 N–H and O–H groups in total. The Hall–Kier alpha value is -6.03. The molecule has 0 aliphatic heterocycles. The number of azo groups is 2. The van der Waals surface area contributed by atoms with Crippen LogP contribution in [0.5, 0.6) is 0 Å². The van der Waals surface area contributed by atoms with Crippen molar-refractivity contribution in [1.29, 1.82) is 0 Å². The number of hydrogen-bond donors (Lipinski definition) is 0. The van der Waals surface area contributed by atoms with Crippen molar-refractivity contribution >= 4 is 57.0 Å². The standard InChI is InChI=1S/C55H57N5O2S2/c1-52(2,3)40-30-36(31-41(50(40)61)53(4,5)6)48(59-57-38-24-20-34(21-25-38)46-18-14-28-63-46)44-16-13-17-45(56-44)49(60-58-39-26-22-35(23-27-39)47-19-15-29-64-47)37-32-42(54(7,8)9)51(62)43(33-37)55(10,11)12/h13-33H,1-12H3/b59-57+,60-58+. The fourth-order valence-corrected chi connectivity index (χ4v) is 8.92. The van der Waals surface area contributed by atoms with Crippen molar-refractivity contribution in [2.75, 3.05) is 0 Å². The fraction of sp³-hybridized carbons (Fsp3) is 0.291. The molecule has 0 atom stereocenters. The molecule has 3 heterocycles. The smallest absolute Gasteiger partial charge is 0.186 e. The Morgan fingerprint density at radius 2 is 0.766 bits per heavy atom. The van der Waals surface area contributed by atoms with Crippen molar-refractivity contribution in [3.05, 3.63) is 171 Å². The average molecular weight is 884 g/mol. The molecule has 0 amide bonds. The maximum absolute atomic E-state index is 14.1. The van der Waals surface area contributed by atoms with E-state index >= 15 is 0 Å². The second-order valence-corrected chi connectivity index (χ2v) is 22.3. The minimum Gasteiger partial charge on any atom is -0.289 e. The van der Waals surface area contributed by atoms with Crippen LogP contribution in [0.4, 0.5) is 11.4 Å². The highest BCUT2D eigenvalue weighted by Gasteiger charge is 2.36. The van der Waals surface area contributed by atoms with Gasteiger partial charge in [0.25, 0.3) is 0 Å². The molecule has 0 saturated heterocycles. The van der Waals surface area contributed by atoms with Crippen LogP contribution in [0.25, 0.3) is 32.3 Å². The summed E-state index contributed by atoms with van der Waals surface area (Å²) in [5.74, 6) is 0.0491. The Labute approximate surface area is 386 Å². The molecule has 0 saturated carbocycles. The highest BCUT2D eigenvalue weighted by atomic mass is 32.1. The van der Waals surface area contributed by atoms with Gasteiger partial charge in [-0.1, -0.05) is 126 Å². The molecule has 0 fully saturated rings. The van der Waals surface area contributed by atoms with Gasteiger partial charge in [0, 0.05) is 43.2 Å². The Kier molecular flexibility index (Phi) is 12.8. The van der Waals surface area contributed by atoms with Crippen molar-refractivity contribution in [1.82, 2.24) is 4.98 Å². The first-order chi connectivity index (χ1) is 30.1. The quantitative estimate of drug-likeness (QED) is 0.145. The van der Waals surface area contributed by atoms with Crippen molar-refractivity contribution in [2.45, 2.75) is 83.1 Å². The van der Waals surface area contributed by atoms with Crippen molar-refractivity contribution in [2.24, 2.45) is 42.1 Å². The molecule has 7 nitrogen and oxygen atoms in total. The van der Waals surface area contributed by atoms with E-state index in [-0.39, 0.29) is 11.6 Å². The molecule has 64 heavy (non-hydrogen) atoms. The number of carbonyl (C=O) groups excluding carboxylic acids is 2. The number of hydrogen-bond acceptors (Lipinski definition) is 9. The maximum atomic E-state index is 14.1. The predicted molar refractivity (Wildman–Crippen MR) is 267 cm³/mol. The third-order valence-electron chi connectivity index (χ3n) is 11.1. The van der Waals surface area contributed by atoms with Crippen LogP contribution in [0.3, 0.4) is 0 Å². The first kappa shape index (κ1) is 46.0. The number of carbonyl (C=O) groups is 2. The van der Waals surface area contributed by atoms with Crippen LogP contribution in [0, 0.1) is 21.7 Å². The van der Waals surface area contributed by atoms with Gasteiger partial charge in [0.1, 0.15) is 11.4 Å². The zero-order valence-corrected chi connectivity index (χ0v) is 40.6. The normalized spacial score (nSPS) is 15.4. The summed E-state index contributed by atoms with van der Waals surface area (Å²) in [5, 5.41) is 23.7. The summed E-state index contributed by atoms with van der Waals surface area (Å²) in [6, 6.07) is 30.1. The van der Waals surface area contributed by atoms with Gasteiger partial charge in [0.15, 0.2) is 11.6 Å². The van der Waals surface area contributed by atoms with E-state index < -0.39 is 21.7 Å². The Bertz CT molecular complexity index is 2570. The molecule has 0 radical (unpaired) electrons. The molecule has 3 aromatic heterocycles. The van der Waals surface area contributed by atoms with Gasteiger partial charge in [-0.15, -0.1) is 32.9 Å². The predicted octanol–water partition coefficient (Wildman–Crippen LogP) is 16.6. The molecule has 0 unspecified atom stereocenters. The number of benzene rings is 2. The number of rotatable bonds is 8. The molecule has 5 aromatic rings. The highest BCUT2D eigenvalue weighted by Crippen LogP contribution is 2.43. The molecule has 2 aliphatic carbocycles. The fourth-order valence-electron chi connectivity index (χ4n) is 7.46. The number of ketones is 2. The van der Waals surface area contributed by atoms with Gasteiger partial charge >= 0.3 is 0 Å². The molecule has 0 spiro atoms. The summed E-state index contributed by atoms with van der Waals surface area (Å²) >= 11 is 3.37. The monoisotopic (exact) mass is 883 g/mol. The third-order valence-corrected chi connectivity index (χ3v) is 12.9. The SMILES string of the molecule is CC(C)(C)C1=CC(=C(/N=N/c2ccc(-c3cccs3)cc2)c2cccc(C(/N=N/c3ccc(-c4cccs4)cc3)=C3C=C(C(C)(C)C)C(=O)C(C(C)(C)C)=C3)n2)C=C(C(C)(C)C)C1=O. The van der Waals surface area contributed by atoms with Gasteiger partial charge < -0.3 is 0 Å². The number of Topliss-reactive ketones (excluding diaryl/α,β-unsaturated/α-hetero) is 2. The number of nitrogens with zero attached hydrogens (tertiary/aromatic N) is 5. The lowest BCUT2D eigenvalue weighted by Crippen LogP contribution is -2.28. The van der Waals surface area contributed by atoms with E-state index in [9.17, 15) is 9.59 Å². The largest absolute Gasteiger partial charge is 0.289 e. The molecular weight excluding hydrogens is 827 g/mol. The number of aromatic nitrogens is 1. The summed E-state index contributed by atoms with van der Waals surface area (Å²) in [4.78, 5) is 36.0. The summed E-state index contributed by atoms with van der Waals surface area (Å²) in [6.45, 7) is 24.7. The molecule has 2 aliphatic rings. The molecular formula is C55H57N5O2S2. The van der Waals surface area contributed by atoms with E-state index in [1.807, 2.05) is 103 Å². The third kappa shape index (κ3) is 10.3. The van der Waals surface area contributed by atoms with E-state index in [0.29, 0.717) is 56.4 Å². The van der Waals surface area contributed by atoms with Crippen LogP contribution in [-0.2, 0) is 9.59 Å². The molecule has 326 valence electrons. The molecule has 0 bridgehead atoms. The second-order valence-electron chi connectivity index (χ2n) is 20.4. The van der Waals surface area contributed by atoms with Gasteiger partial charge in [-0.05, 0) is 116 Å². The topological polar surface area (TPSA) is 96.5 Å². The van der Waals surface area contributed by atoms with Gasteiger partial charge in [0.05, 0.1) is 22.8 Å². The second kappa shape index (κ2) is 17.9. The Balaban J connectivity index is 1.46. The first-order valence-electron chi connectivity index (χ1n) is 21.6. The highest BCUT2D eigenvalue weighted by molar-refractivity contribution is 7.13. The van der Waals surface area contributed by atoms with Gasteiger partial charge in [-0.2, -0.15) is 10.2 Å². The van der Waals surface area contributed by atoms with E-state index in [1.54, 1.807) is 22.7 Å². The average Bonchev–Trinajstić information content (AvgIpc) is 3.97. The lowest BCUT2D eigenvalue weighted by Gasteiger charge is -2.31. The van der Waals surface area contributed by atoms with Gasteiger partial charge in [0.2, 0.25) is 0 Å². The van der Waals surface area contributed by atoms with Crippen molar-refractivity contribution in [3.63, 3.8) is 0 Å². The van der Waals surface area contributed by atoms with E-state index in [2.05, 4.69) is 106 Å². The Morgan fingerprint density at radius 3 is 1.05 bits per heavy atom. The zero-order chi connectivity index (χ0) is 46.2. The minimum absolute atomic E-state index is 0.0245. The van der Waals surface area contributed by atoms with E-state index in [0.717, 1.165) is 22.3 Å². The van der Waals surface area contributed by atoms with E-state index in [1.165, 1.54) is 9.75 Å². The van der Waals surface area contributed by atoms with Gasteiger partial charge in [-0.3, -0.25) is 9.59 Å². The zero-order valence-electron chi connectivity index (χ0n) is 39.0. The number of allylic oxidation sites excluding steroid dienone is 10. The van der Waals surface area contributed by atoms with Gasteiger partial charge in [-0.25, -0.2) is 4.98 Å². The minimum atomic E-state index is -0.450.